The summed E-state index contributed by atoms with van der Waals surface area (Å²) in [6.07, 6.45) is 3.89. The van der Waals surface area contributed by atoms with E-state index in [9.17, 15) is 14.0 Å². The van der Waals surface area contributed by atoms with E-state index in [4.69, 9.17) is 0 Å². The largest absolute Gasteiger partial charge is 0.351 e. The Morgan fingerprint density at radius 2 is 1.73 bits per heavy atom. The topological polar surface area (TPSA) is 69.8 Å². The first-order valence-electron chi connectivity index (χ1n) is 9.52. The summed E-state index contributed by atoms with van der Waals surface area (Å²) in [5.74, 6) is -0.0280. The lowest BCUT2D eigenvalue weighted by Gasteiger charge is -2.05. The molecule has 2 aromatic carbocycles. The molecule has 0 amide bonds. The van der Waals surface area contributed by atoms with E-state index >= 15 is 0 Å². The van der Waals surface area contributed by atoms with E-state index in [2.05, 4.69) is 10.1 Å². The molecule has 2 aromatic heterocycles. The average Bonchev–Trinajstić information content (AvgIpc) is 3.14. The molecule has 0 aliphatic carbocycles. The minimum absolute atomic E-state index is 0.0192. The van der Waals surface area contributed by atoms with Gasteiger partial charge in [-0.1, -0.05) is 42.5 Å². The fourth-order valence-corrected chi connectivity index (χ4v) is 3.14. The first-order valence-corrected chi connectivity index (χ1v) is 9.52. The number of halogens is 1. The van der Waals surface area contributed by atoms with Crippen molar-refractivity contribution in [1.29, 1.82) is 0 Å². The van der Waals surface area contributed by atoms with Gasteiger partial charge in [-0.25, -0.2) is 23.4 Å². The zero-order valence-electron chi connectivity index (χ0n) is 16.1. The molecule has 150 valence electrons. The van der Waals surface area contributed by atoms with Crippen LogP contribution < -0.4 is 5.69 Å². The summed E-state index contributed by atoms with van der Waals surface area (Å²) < 4.78 is 15.6. The van der Waals surface area contributed by atoms with Crippen LogP contribution in [0.3, 0.4) is 0 Å². The molecule has 0 aliphatic rings. The number of carbonyl (C=O) groups excluding carboxylic acids is 1. The maximum atomic E-state index is 13.1. The Morgan fingerprint density at radius 3 is 2.50 bits per heavy atom. The molecule has 0 saturated carbocycles. The van der Waals surface area contributed by atoms with Crippen LogP contribution in [0, 0.1) is 5.82 Å². The van der Waals surface area contributed by atoms with Gasteiger partial charge in [0, 0.05) is 18.2 Å². The Hall–Kier alpha value is -3.87. The normalized spacial score (nSPS) is 10.8. The fraction of sp³-hybridized carbons (Fsp3) is 0.130. The van der Waals surface area contributed by atoms with Gasteiger partial charge in [-0.05, 0) is 41.8 Å². The molecule has 7 heteroatoms. The third kappa shape index (κ3) is 4.41. The van der Waals surface area contributed by atoms with Gasteiger partial charge in [-0.2, -0.15) is 5.10 Å². The maximum Gasteiger partial charge on any atom is 0.351 e. The highest BCUT2D eigenvalue weighted by atomic mass is 19.1. The molecular weight excluding hydrogens is 383 g/mol. The molecule has 0 saturated heterocycles. The Balaban J connectivity index is 1.51. The zero-order chi connectivity index (χ0) is 20.9. The fourth-order valence-electron chi connectivity index (χ4n) is 3.14. The summed E-state index contributed by atoms with van der Waals surface area (Å²) in [5.41, 5.74) is 1.95. The van der Waals surface area contributed by atoms with E-state index in [0.717, 1.165) is 11.1 Å². The molecule has 6 nitrogen and oxygen atoms in total. The van der Waals surface area contributed by atoms with Gasteiger partial charge in [-0.15, -0.1) is 0 Å². The van der Waals surface area contributed by atoms with Crippen molar-refractivity contribution in [3.8, 4) is 5.82 Å². The van der Waals surface area contributed by atoms with Gasteiger partial charge in [0.25, 0.3) is 0 Å². The molecular formula is C23H19FN4O2. The molecule has 0 atom stereocenters. The second-order valence-corrected chi connectivity index (χ2v) is 6.88. The lowest BCUT2D eigenvalue weighted by molar-refractivity contribution is 0.0982. The van der Waals surface area contributed by atoms with Gasteiger partial charge < -0.3 is 0 Å². The second kappa shape index (κ2) is 8.65. The molecule has 30 heavy (non-hydrogen) atoms. The molecule has 0 fully saturated rings. The van der Waals surface area contributed by atoms with E-state index < -0.39 is 0 Å². The summed E-state index contributed by atoms with van der Waals surface area (Å²) >= 11 is 0. The summed E-state index contributed by atoms with van der Waals surface area (Å²) in [7, 11) is 0. The highest BCUT2D eigenvalue weighted by Crippen LogP contribution is 2.11. The van der Waals surface area contributed by atoms with E-state index in [1.807, 2.05) is 30.3 Å². The lowest BCUT2D eigenvalue weighted by Crippen LogP contribution is -2.25. The van der Waals surface area contributed by atoms with Crippen molar-refractivity contribution < 1.29 is 9.18 Å². The minimum atomic E-state index is -0.388. The Labute approximate surface area is 172 Å². The lowest BCUT2D eigenvalue weighted by atomic mass is 10.0. The predicted molar refractivity (Wildman–Crippen MR) is 110 cm³/mol. The molecule has 0 N–H and O–H groups in total. The van der Waals surface area contributed by atoms with Crippen molar-refractivity contribution in [3.63, 3.8) is 0 Å². The monoisotopic (exact) mass is 402 g/mol. The summed E-state index contributed by atoms with van der Waals surface area (Å²) in [4.78, 5) is 29.5. The van der Waals surface area contributed by atoms with Crippen LogP contribution in [0.1, 0.15) is 27.9 Å². The molecule has 0 radical (unpaired) electrons. The molecule has 0 unspecified atom stereocenters. The SMILES string of the molecule is O=C(CCc1ccccc1)c1ccnc(-n2cnn(Cc3ccc(F)cc3)c2=O)c1. The standard InChI is InChI=1S/C23H19FN4O2/c24-20-9-6-18(7-10-20)15-28-23(30)27(16-26-28)22-14-19(12-13-25-22)21(29)11-8-17-4-2-1-3-5-17/h1-7,9-10,12-14,16H,8,11,15H2. The molecule has 0 aliphatic heterocycles. The van der Waals surface area contributed by atoms with Crippen molar-refractivity contribution in [2.24, 2.45) is 0 Å². The maximum absolute atomic E-state index is 13.1. The van der Waals surface area contributed by atoms with Crippen LogP contribution >= 0.6 is 0 Å². The number of carbonyl (C=O) groups is 1. The smallest absolute Gasteiger partial charge is 0.294 e. The van der Waals surface area contributed by atoms with Crippen molar-refractivity contribution in [3.05, 3.63) is 112 Å². The van der Waals surface area contributed by atoms with Crippen LogP contribution in [-0.2, 0) is 13.0 Å². The van der Waals surface area contributed by atoms with Gasteiger partial charge in [0.05, 0.1) is 6.54 Å². The third-order valence-electron chi connectivity index (χ3n) is 4.78. The van der Waals surface area contributed by atoms with Gasteiger partial charge in [-0.3, -0.25) is 4.79 Å². The number of aryl methyl sites for hydroxylation is 1. The number of Topliss-reactive ketones (excluding diaryl/α,β-unsaturated/α-hetero) is 1. The number of rotatable bonds is 7. The number of ketones is 1. The highest BCUT2D eigenvalue weighted by Gasteiger charge is 2.12. The first kappa shape index (κ1) is 19.4. The van der Waals surface area contributed by atoms with E-state index in [-0.39, 0.29) is 23.8 Å². The first-order chi connectivity index (χ1) is 14.6. The molecule has 0 spiro atoms. The molecule has 4 aromatic rings. The summed E-state index contributed by atoms with van der Waals surface area (Å²) in [5, 5.41) is 4.11. The van der Waals surface area contributed by atoms with Crippen LogP contribution in [0.15, 0.2) is 84.0 Å². The molecule has 0 bridgehead atoms. The van der Waals surface area contributed by atoms with Crippen molar-refractivity contribution >= 4 is 5.78 Å². The number of pyridine rings is 1. The zero-order valence-corrected chi connectivity index (χ0v) is 16.1. The number of hydrogen-bond acceptors (Lipinski definition) is 4. The molecule has 4 rings (SSSR count). The predicted octanol–water partition coefficient (Wildman–Crippen LogP) is 3.43. The number of aromatic nitrogens is 4. The third-order valence-corrected chi connectivity index (χ3v) is 4.78. The Morgan fingerprint density at radius 1 is 0.967 bits per heavy atom. The van der Waals surface area contributed by atoms with Gasteiger partial charge in [0.1, 0.15) is 18.0 Å². The minimum Gasteiger partial charge on any atom is -0.294 e. The van der Waals surface area contributed by atoms with Crippen molar-refractivity contribution in [2.75, 3.05) is 0 Å². The van der Waals surface area contributed by atoms with E-state index in [1.165, 1.54) is 33.9 Å². The second-order valence-electron chi connectivity index (χ2n) is 6.88. The van der Waals surface area contributed by atoms with Crippen LogP contribution in [0.25, 0.3) is 5.82 Å². The van der Waals surface area contributed by atoms with Crippen LogP contribution in [-0.4, -0.2) is 25.1 Å². The summed E-state index contributed by atoms with van der Waals surface area (Å²) in [6.45, 7) is 0.210. The highest BCUT2D eigenvalue weighted by molar-refractivity contribution is 5.96. The van der Waals surface area contributed by atoms with Crippen molar-refractivity contribution in [1.82, 2.24) is 19.3 Å². The Bertz CT molecular complexity index is 1210. The van der Waals surface area contributed by atoms with Crippen LogP contribution in [0.4, 0.5) is 4.39 Å². The summed E-state index contributed by atoms with van der Waals surface area (Å²) in [6, 6.07) is 18.9. The number of hydrogen-bond donors (Lipinski definition) is 0. The van der Waals surface area contributed by atoms with E-state index in [1.54, 1.807) is 24.3 Å². The average molecular weight is 402 g/mol. The number of benzene rings is 2. The van der Waals surface area contributed by atoms with E-state index in [0.29, 0.717) is 24.2 Å². The number of nitrogens with zero attached hydrogens (tertiary/aromatic N) is 4. The van der Waals surface area contributed by atoms with Gasteiger partial charge in [0.2, 0.25) is 0 Å². The Kier molecular flexibility index (Phi) is 5.61. The van der Waals surface area contributed by atoms with Crippen molar-refractivity contribution in [2.45, 2.75) is 19.4 Å². The van der Waals surface area contributed by atoms with Gasteiger partial charge in [0.15, 0.2) is 5.78 Å². The van der Waals surface area contributed by atoms with Crippen LogP contribution in [0.5, 0.6) is 0 Å². The van der Waals surface area contributed by atoms with Crippen LogP contribution in [0.2, 0.25) is 0 Å². The quantitative estimate of drug-likeness (QED) is 0.444. The molecule has 2 heterocycles. The van der Waals surface area contributed by atoms with Gasteiger partial charge >= 0.3 is 5.69 Å².